The SMILES string of the molecule is Cc1ccccc1C(=O)C(O)(O)C=O. The zero-order chi connectivity index (χ0) is 10.8. The summed E-state index contributed by atoms with van der Waals surface area (Å²) in [6.45, 7) is 1.65. The van der Waals surface area contributed by atoms with Crippen LogP contribution in [0.2, 0.25) is 0 Å². The number of Topliss-reactive ketones (excluding diaryl/α,β-unsaturated/α-hetero) is 1. The molecular formula is C10H10O4. The van der Waals surface area contributed by atoms with Gasteiger partial charge in [-0.2, -0.15) is 0 Å². The van der Waals surface area contributed by atoms with Crippen LogP contribution in [0.25, 0.3) is 0 Å². The van der Waals surface area contributed by atoms with Crippen molar-refractivity contribution < 1.29 is 19.8 Å². The summed E-state index contributed by atoms with van der Waals surface area (Å²) in [6, 6.07) is 6.38. The number of ketones is 1. The molecule has 4 nitrogen and oxygen atoms in total. The van der Waals surface area contributed by atoms with Gasteiger partial charge in [-0.3, -0.25) is 9.59 Å². The Kier molecular flexibility index (Phi) is 2.78. The van der Waals surface area contributed by atoms with Gasteiger partial charge in [0.2, 0.25) is 5.78 Å². The lowest BCUT2D eigenvalue weighted by molar-refractivity contribution is -0.151. The van der Waals surface area contributed by atoms with Crippen LogP contribution in [0.1, 0.15) is 15.9 Å². The lowest BCUT2D eigenvalue weighted by atomic mass is 10.00. The van der Waals surface area contributed by atoms with E-state index in [0.29, 0.717) is 5.56 Å². The summed E-state index contributed by atoms with van der Waals surface area (Å²) >= 11 is 0. The Morgan fingerprint density at radius 1 is 1.36 bits per heavy atom. The average Bonchev–Trinajstić information content (AvgIpc) is 2.17. The number of carbonyl (C=O) groups excluding carboxylic acids is 2. The second-order valence-corrected chi connectivity index (χ2v) is 2.99. The first-order chi connectivity index (χ1) is 6.49. The average molecular weight is 194 g/mol. The number of hydrogen-bond acceptors (Lipinski definition) is 4. The van der Waals surface area contributed by atoms with Gasteiger partial charge in [-0.15, -0.1) is 0 Å². The number of aryl methyl sites for hydroxylation is 1. The van der Waals surface area contributed by atoms with E-state index in [0.717, 1.165) is 0 Å². The van der Waals surface area contributed by atoms with Gasteiger partial charge >= 0.3 is 0 Å². The summed E-state index contributed by atoms with van der Waals surface area (Å²) in [5.41, 5.74) is 0.719. The van der Waals surface area contributed by atoms with Gasteiger partial charge in [0, 0.05) is 5.56 Å². The van der Waals surface area contributed by atoms with Crippen molar-refractivity contribution in [2.45, 2.75) is 12.7 Å². The van der Waals surface area contributed by atoms with E-state index in [1.165, 1.54) is 6.07 Å². The second-order valence-electron chi connectivity index (χ2n) is 2.99. The molecule has 0 saturated carbocycles. The van der Waals surface area contributed by atoms with Crippen molar-refractivity contribution in [3.05, 3.63) is 35.4 Å². The molecule has 0 amide bonds. The van der Waals surface area contributed by atoms with E-state index in [1.807, 2.05) is 0 Å². The number of benzene rings is 1. The second kappa shape index (κ2) is 3.69. The molecule has 0 aliphatic heterocycles. The minimum Gasteiger partial charge on any atom is -0.354 e. The molecule has 1 aromatic rings. The van der Waals surface area contributed by atoms with Gasteiger partial charge in [0.25, 0.3) is 5.79 Å². The number of carbonyl (C=O) groups is 2. The Morgan fingerprint density at radius 3 is 2.43 bits per heavy atom. The van der Waals surface area contributed by atoms with Crippen LogP contribution in [-0.4, -0.2) is 28.1 Å². The predicted octanol–water partition coefficient (Wildman–Crippen LogP) is 0.0575. The molecule has 4 heteroatoms. The highest BCUT2D eigenvalue weighted by Gasteiger charge is 2.34. The Bertz CT molecular complexity index is 368. The third kappa shape index (κ3) is 1.86. The molecule has 1 rings (SSSR count). The Morgan fingerprint density at radius 2 is 1.93 bits per heavy atom. The van der Waals surface area contributed by atoms with Crippen LogP contribution in [0, 0.1) is 6.92 Å². The number of aldehydes is 1. The van der Waals surface area contributed by atoms with E-state index in [4.69, 9.17) is 10.2 Å². The van der Waals surface area contributed by atoms with Crippen molar-refractivity contribution in [2.75, 3.05) is 0 Å². The van der Waals surface area contributed by atoms with E-state index in [2.05, 4.69) is 0 Å². The molecule has 74 valence electrons. The molecule has 1 aromatic carbocycles. The van der Waals surface area contributed by atoms with Gasteiger partial charge < -0.3 is 10.2 Å². The molecule has 0 aliphatic rings. The van der Waals surface area contributed by atoms with Crippen LogP contribution < -0.4 is 0 Å². The maximum absolute atomic E-state index is 11.4. The molecule has 0 saturated heterocycles. The van der Waals surface area contributed by atoms with Gasteiger partial charge in [0.05, 0.1) is 0 Å². The van der Waals surface area contributed by atoms with Gasteiger partial charge in [-0.1, -0.05) is 24.3 Å². The Hall–Kier alpha value is -1.52. The molecule has 0 heterocycles. The van der Waals surface area contributed by atoms with Crippen LogP contribution in [-0.2, 0) is 4.79 Å². The Balaban J connectivity index is 3.13. The third-order valence-corrected chi connectivity index (χ3v) is 1.89. The molecule has 14 heavy (non-hydrogen) atoms. The van der Waals surface area contributed by atoms with E-state index in [1.54, 1.807) is 25.1 Å². The summed E-state index contributed by atoms with van der Waals surface area (Å²) in [6.07, 6.45) is -0.193. The molecule has 0 aliphatic carbocycles. The first-order valence-corrected chi connectivity index (χ1v) is 4.00. The quantitative estimate of drug-likeness (QED) is 0.309. The summed E-state index contributed by atoms with van der Waals surface area (Å²) < 4.78 is 0. The molecule has 0 aromatic heterocycles. The standard InChI is InChI=1S/C10H10O4/c1-7-4-2-3-5-8(7)9(12)10(13,14)6-11/h2-6,13-14H,1H3. The molecule has 0 bridgehead atoms. The van der Waals surface area contributed by atoms with Crippen molar-refractivity contribution in [1.82, 2.24) is 0 Å². The molecule has 0 atom stereocenters. The monoisotopic (exact) mass is 194 g/mol. The third-order valence-electron chi connectivity index (χ3n) is 1.89. The van der Waals surface area contributed by atoms with Crippen molar-refractivity contribution >= 4 is 12.1 Å². The minimum absolute atomic E-state index is 0.129. The highest BCUT2D eigenvalue weighted by atomic mass is 16.5. The van der Waals surface area contributed by atoms with Gasteiger partial charge in [-0.25, -0.2) is 0 Å². The summed E-state index contributed by atoms with van der Waals surface area (Å²) in [5.74, 6) is -3.93. The topological polar surface area (TPSA) is 74.6 Å². The summed E-state index contributed by atoms with van der Waals surface area (Å²) in [4.78, 5) is 21.6. The summed E-state index contributed by atoms with van der Waals surface area (Å²) in [7, 11) is 0. The fourth-order valence-electron chi connectivity index (χ4n) is 1.08. The van der Waals surface area contributed by atoms with Crippen LogP contribution in [0.15, 0.2) is 24.3 Å². The van der Waals surface area contributed by atoms with Crippen molar-refractivity contribution in [1.29, 1.82) is 0 Å². The van der Waals surface area contributed by atoms with Gasteiger partial charge in [-0.05, 0) is 12.5 Å². The fraction of sp³-hybridized carbons (Fsp3) is 0.200. The molecule has 0 fully saturated rings. The predicted molar refractivity (Wildman–Crippen MR) is 48.7 cm³/mol. The Labute approximate surface area is 80.8 Å². The van der Waals surface area contributed by atoms with Crippen LogP contribution in [0.3, 0.4) is 0 Å². The van der Waals surface area contributed by atoms with Gasteiger partial charge in [0.1, 0.15) is 0 Å². The number of rotatable bonds is 3. The van der Waals surface area contributed by atoms with E-state index < -0.39 is 11.6 Å². The van der Waals surface area contributed by atoms with Crippen molar-refractivity contribution in [2.24, 2.45) is 0 Å². The van der Waals surface area contributed by atoms with Crippen LogP contribution in [0.5, 0.6) is 0 Å². The zero-order valence-electron chi connectivity index (χ0n) is 7.60. The molecule has 0 spiro atoms. The number of hydrogen-bond donors (Lipinski definition) is 2. The maximum Gasteiger partial charge on any atom is 0.287 e. The first-order valence-electron chi connectivity index (χ1n) is 4.00. The lowest BCUT2D eigenvalue weighted by Gasteiger charge is -2.13. The van der Waals surface area contributed by atoms with E-state index in [-0.39, 0.29) is 11.8 Å². The van der Waals surface area contributed by atoms with Crippen molar-refractivity contribution in [3.63, 3.8) is 0 Å². The molecule has 0 unspecified atom stereocenters. The zero-order valence-corrected chi connectivity index (χ0v) is 7.60. The maximum atomic E-state index is 11.4. The van der Waals surface area contributed by atoms with E-state index >= 15 is 0 Å². The molecular weight excluding hydrogens is 184 g/mol. The smallest absolute Gasteiger partial charge is 0.287 e. The molecule has 2 N–H and O–H groups in total. The number of aliphatic hydroxyl groups is 2. The minimum atomic E-state index is -2.92. The normalized spacial score (nSPS) is 11.1. The van der Waals surface area contributed by atoms with Gasteiger partial charge in [0.15, 0.2) is 6.29 Å². The highest BCUT2D eigenvalue weighted by molar-refractivity contribution is 6.10. The summed E-state index contributed by atoms with van der Waals surface area (Å²) in [5, 5.41) is 18.0. The highest BCUT2D eigenvalue weighted by Crippen LogP contribution is 2.13. The van der Waals surface area contributed by atoms with Crippen molar-refractivity contribution in [3.8, 4) is 0 Å². The largest absolute Gasteiger partial charge is 0.354 e. The van der Waals surface area contributed by atoms with Crippen LogP contribution in [0.4, 0.5) is 0 Å². The van der Waals surface area contributed by atoms with Crippen LogP contribution >= 0.6 is 0 Å². The fourth-order valence-corrected chi connectivity index (χ4v) is 1.08. The lowest BCUT2D eigenvalue weighted by Crippen LogP contribution is -2.40. The van der Waals surface area contributed by atoms with E-state index in [9.17, 15) is 9.59 Å². The first kappa shape index (κ1) is 10.6. The molecule has 0 radical (unpaired) electrons.